The van der Waals surface area contributed by atoms with Crippen LogP contribution in [0.2, 0.25) is 0 Å². The molecule has 3 aliphatic heterocycles. The van der Waals surface area contributed by atoms with Crippen LogP contribution >= 0.6 is 0 Å². The van der Waals surface area contributed by atoms with Gasteiger partial charge >= 0.3 is 5.97 Å². The zero-order valence-electron chi connectivity index (χ0n) is 12.8. The average Bonchev–Trinajstić information content (AvgIpc) is 2.90. The summed E-state index contributed by atoms with van der Waals surface area (Å²) < 4.78 is 0. The molecule has 4 heteroatoms. The topological polar surface area (TPSA) is 43.8 Å². The first-order valence-electron chi connectivity index (χ1n) is 8.30. The predicted molar refractivity (Wildman–Crippen MR) is 78.8 cm³/mol. The SMILES string of the molecule is CCCC1(C(=O)O)CCCN1C1CC2CCC(C1)N2C. The molecule has 0 spiro atoms. The first-order valence-corrected chi connectivity index (χ1v) is 8.30. The molecule has 3 saturated heterocycles. The van der Waals surface area contributed by atoms with Gasteiger partial charge in [-0.25, -0.2) is 0 Å². The number of fused-ring (bicyclic) bond motifs is 2. The molecule has 0 aromatic heterocycles. The number of rotatable bonds is 4. The van der Waals surface area contributed by atoms with E-state index in [2.05, 4.69) is 23.8 Å². The molecule has 2 bridgehead atoms. The van der Waals surface area contributed by atoms with E-state index in [0.717, 1.165) is 32.2 Å². The Bertz CT molecular complexity index is 373. The third-order valence-electron chi connectivity index (χ3n) is 6.11. The number of carboxylic acid groups (broad SMARTS) is 1. The van der Waals surface area contributed by atoms with Gasteiger partial charge in [-0.15, -0.1) is 0 Å². The summed E-state index contributed by atoms with van der Waals surface area (Å²) in [4.78, 5) is 16.9. The Morgan fingerprint density at radius 3 is 2.45 bits per heavy atom. The third-order valence-corrected chi connectivity index (χ3v) is 6.11. The minimum atomic E-state index is -0.580. The minimum absolute atomic E-state index is 0.494. The molecule has 0 aromatic carbocycles. The first kappa shape index (κ1) is 14.3. The zero-order chi connectivity index (χ0) is 14.3. The van der Waals surface area contributed by atoms with Crippen LogP contribution in [0.4, 0.5) is 0 Å². The second-order valence-corrected chi connectivity index (χ2v) is 7.06. The van der Waals surface area contributed by atoms with Crippen LogP contribution in [0, 0.1) is 0 Å². The van der Waals surface area contributed by atoms with Gasteiger partial charge in [0.2, 0.25) is 0 Å². The lowest BCUT2D eigenvalue weighted by Gasteiger charge is -2.46. The lowest BCUT2D eigenvalue weighted by molar-refractivity contribution is -0.153. The van der Waals surface area contributed by atoms with Crippen LogP contribution in [0.5, 0.6) is 0 Å². The molecule has 0 saturated carbocycles. The van der Waals surface area contributed by atoms with Crippen molar-refractivity contribution < 1.29 is 9.90 Å². The molecule has 20 heavy (non-hydrogen) atoms. The lowest BCUT2D eigenvalue weighted by atomic mass is 9.87. The lowest BCUT2D eigenvalue weighted by Crippen LogP contribution is -2.58. The highest BCUT2D eigenvalue weighted by atomic mass is 16.4. The molecule has 3 fully saturated rings. The number of likely N-dealkylation sites (tertiary alicyclic amines) is 1. The van der Waals surface area contributed by atoms with Crippen molar-refractivity contribution in [3.05, 3.63) is 0 Å². The van der Waals surface area contributed by atoms with Crippen LogP contribution < -0.4 is 0 Å². The second kappa shape index (κ2) is 5.30. The average molecular weight is 280 g/mol. The van der Waals surface area contributed by atoms with Crippen LogP contribution in [0.15, 0.2) is 0 Å². The molecule has 0 amide bonds. The molecule has 0 aromatic rings. The van der Waals surface area contributed by atoms with Gasteiger partial charge in [-0.05, 0) is 58.5 Å². The number of nitrogens with zero attached hydrogens (tertiary/aromatic N) is 2. The van der Waals surface area contributed by atoms with Crippen molar-refractivity contribution in [2.24, 2.45) is 0 Å². The van der Waals surface area contributed by atoms with Crippen molar-refractivity contribution in [3.8, 4) is 0 Å². The maximum absolute atomic E-state index is 12.0. The Kier molecular flexibility index (Phi) is 3.80. The number of aliphatic carboxylic acids is 1. The molecular formula is C16H28N2O2. The highest BCUT2D eigenvalue weighted by Gasteiger charge is 2.52. The van der Waals surface area contributed by atoms with E-state index in [1.54, 1.807) is 0 Å². The molecule has 3 unspecified atom stereocenters. The van der Waals surface area contributed by atoms with E-state index >= 15 is 0 Å². The van der Waals surface area contributed by atoms with Crippen LogP contribution in [0.1, 0.15) is 58.3 Å². The summed E-state index contributed by atoms with van der Waals surface area (Å²) in [5.74, 6) is -0.580. The zero-order valence-corrected chi connectivity index (χ0v) is 12.8. The van der Waals surface area contributed by atoms with Gasteiger partial charge in [0.25, 0.3) is 0 Å². The van der Waals surface area contributed by atoms with Gasteiger partial charge in [-0.2, -0.15) is 0 Å². The fourth-order valence-corrected chi connectivity index (χ4v) is 5.09. The number of hydrogen-bond acceptors (Lipinski definition) is 3. The van der Waals surface area contributed by atoms with Gasteiger partial charge in [0.1, 0.15) is 5.54 Å². The van der Waals surface area contributed by atoms with Gasteiger partial charge in [0, 0.05) is 18.1 Å². The Morgan fingerprint density at radius 1 is 1.25 bits per heavy atom. The van der Waals surface area contributed by atoms with Crippen LogP contribution in [-0.4, -0.2) is 58.1 Å². The van der Waals surface area contributed by atoms with E-state index in [1.165, 1.54) is 25.7 Å². The number of carboxylic acids is 1. The fourth-order valence-electron chi connectivity index (χ4n) is 5.09. The summed E-state index contributed by atoms with van der Waals surface area (Å²) in [7, 11) is 2.25. The van der Waals surface area contributed by atoms with E-state index in [1.807, 2.05) is 0 Å². The molecule has 3 rings (SSSR count). The van der Waals surface area contributed by atoms with E-state index in [0.29, 0.717) is 18.1 Å². The van der Waals surface area contributed by atoms with Gasteiger partial charge in [0.15, 0.2) is 0 Å². The molecule has 4 nitrogen and oxygen atoms in total. The molecule has 114 valence electrons. The van der Waals surface area contributed by atoms with Crippen molar-refractivity contribution in [1.29, 1.82) is 0 Å². The van der Waals surface area contributed by atoms with Crippen molar-refractivity contribution in [3.63, 3.8) is 0 Å². The minimum Gasteiger partial charge on any atom is -0.480 e. The summed E-state index contributed by atoms with van der Waals surface area (Å²) in [6.45, 7) is 3.10. The number of carbonyl (C=O) groups is 1. The van der Waals surface area contributed by atoms with Crippen molar-refractivity contribution >= 4 is 5.97 Å². The van der Waals surface area contributed by atoms with E-state index in [-0.39, 0.29) is 0 Å². The fraction of sp³-hybridized carbons (Fsp3) is 0.938. The maximum atomic E-state index is 12.0. The normalized spacial score (nSPS) is 42.2. The van der Waals surface area contributed by atoms with Crippen molar-refractivity contribution in [2.45, 2.75) is 82.0 Å². The smallest absolute Gasteiger partial charge is 0.324 e. The van der Waals surface area contributed by atoms with Crippen LogP contribution in [-0.2, 0) is 4.79 Å². The molecule has 0 aliphatic carbocycles. The number of piperidine rings is 1. The van der Waals surface area contributed by atoms with Crippen molar-refractivity contribution in [1.82, 2.24) is 9.80 Å². The van der Waals surface area contributed by atoms with Crippen LogP contribution in [0.3, 0.4) is 0 Å². The molecule has 1 N–H and O–H groups in total. The van der Waals surface area contributed by atoms with Gasteiger partial charge in [-0.3, -0.25) is 9.69 Å². The molecule has 3 aliphatic rings. The molecule has 0 radical (unpaired) electrons. The quantitative estimate of drug-likeness (QED) is 0.858. The van der Waals surface area contributed by atoms with Gasteiger partial charge in [0.05, 0.1) is 0 Å². The Morgan fingerprint density at radius 2 is 1.90 bits per heavy atom. The first-order chi connectivity index (χ1) is 9.58. The monoisotopic (exact) mass is 280 g/mol. The summed E-state index contributed by atoms with van der Waals surface area (Å²) in [5, 5.41) is 9.84. The Hall–Kier alpha value is -0.610. The standard InChI is InChI=1S/C16H28N2O2/c1-3-7-16(15(19)20)8-4-9-18(16)14-10-12-5-6-13(11-14)17(12)2/h12-14H,3-11H2,1-2H3,(H,19,20). The molecule has 3 atom stereocenters. The van der Waals surface area contributed by atoms with E-state index in [9.17, 15) is 9.90 Å². The summed E-state index contributed by atoms with van der Waals surface area (Å²) in [6, 6.07) is 1.87. The molecule has 3 heterocycles. The second-order valence-electron chi connectivity index (χ2n) is 7.06. The van der Waals surface area contributed by atoms with Crippen LogP contribution in [0.25, 0.3) is 0 Å². The van der Waals surface area contributed by atoms with E-state index in [4.69, 9.17) is 0 Å². The summed E-state index contributed by atoms with van der Waals surface area (Å²) in [6.07, 6.45) is 8.62. The third kappa shape index (κ3) is 2.08. The Labute approximate surface area is 122 Å². The molecular weight excluding hydrogens is 252 g/mol. The summed E-state index contributed by atoms with van der Waals surface area (Å²) in [5.41, 5.74) is -0.561. The van der Waals surface area contributed by atoms with E-state index < -0.39 is 11.5 Å². The summed E-state index contributed by atoms with van der Waals surface area (Å²) >= 11 is 0. The van der Waals surface area contributed by atoms with Crippen molar-refractivity contribution in [2.75, 3.05) is 13.6 Å². The maximum Gasteiger partial charge on any atom is 0.324 e. The predicted octanol–water partition coefficient (Wildman–Crippen LogP) is 2.33. The Balaban J connectivity index is 1.80. The van der Waals surface area contributed by atoms with Gasteiger partial charge in [-0.1, -0.05) is 13.3 Å². The van der Waals surface area contributed by atoms with Gasteiger partial charge < -0.3 is 10.0 Å². The highest BCUT2D eigenvalue weighted by molar-refractivity contribution is 5.79. The largest absolute Gasteiger partial charge is 0.480 e. The number of hydrogen-bond donors (Lipinski definition) is 1. The highest BCUT2D eigenvalue weighted by Crippen LogP contribution is 2.43.